The van der Waals surface area contributed by atoms with Crippen LogP contribution in [0.3, 0.4) is 0 Å². The number of rotatable bonds is 3. The Hall–Kier alpha value is -1.48. The third-order valence-electron chi connectivity index (χ3n) is 3.79. The van der Waals surface area contributed by atoms with Crippen LogP contribution in [0.25, 0.3) is 0 Å². The van der Waals surface area contributed by atoms with E-state index < -0.39 is 5.54 Å². The first-order chi connectivity index (χ1) is 9.58. The summed E-state index contributed by atoms with van der Waals surface area (Å²) in [6.45, 7) is 3.97. The zero-order valence-electron chi connectivity index (χ0n) is 12.0. The van der Waals surface area contributed by atoms with Crippen LogP contribution in [0.1, 0.15) is 73.7 Å². The molecule has 0 aliphatic heterocycles. The van der Waals surface area contributed by atoms with Gasteiger partial charge in [0.05, 0.1) is 11.8 Å². The number of hydrogen-bond donors (Lipinski definition) is 1. The summed E-state index contributed by atoms with van der Waals surface area (Å²) in [5, 5.41) is 16.5. The van der Waals surface area contributed by atoms with Crippen LogP contribution in [0.15, 0.2) is 0 Å². The van der Waals surface area contributed by atoms with Crippen molar-refractivity contribution in [3.8, 4) is 6.07 Å². The Morgan fingerprint density at radius 2 is 2.00 bits per heavy atom. The van der Waals surface area contributed by atoms with Gasteiger partial charge in [-0.3, -0.25) is 4.79 Å². The minimum atomic E-state index is -0.716. The maximum absolute atomic E-state index is 12.4. The van der Waals surface area contributed by atoms with Crippen molar-refractivity contribution in [1.29, 1.82) is 5.26 Å². The second-order valence-corrected chi connectivity index (χ2v) is 6.46. The number of amides is 1. The summed E-state index contributed by atoms with van der Waals surface area (Å²) in [4.78, 5) is 13.0. The van der Waals surface area contributed by atoms with Crippen LogP contribution in [-0.2, 0) is 0 Å². The largest absolute Gasteiger partial charge is 0.333 e. The van der Waals surface area contributed by atoms with E-state index in [1.54, 1.807) is 0 Å². The minimum Gasteiger partial charge on any atom is -0.333 e. The molecule has 1 aromatic heterocycles. The van der Waals surface area contributed by atoms with Crippen LogP contribution in [0.5, 0.6) is 0 Å². The molecule has 1 heterocycles. The number of carbonyl (C=O) groups is 1. The molecular formula is C14H20N4OS. The number of carbonyl (C=O) groups excluding carboxylic acids is 1. The summed E-state index contributed by atoms with van der Waals surface area (Å²) in [6.07, 6.45) is 5.73. The highest BCUT2D eigenvalue weighted by atomic mass is 32.1. The van der Waals surface area contributed by atoms with Gasteiger partial charge in [-0.15, -0.1) is 5.10 Å². The standard InChI is InChI=1S/C14H20N4OS/c1-10(2)11-12(20-18-17-11)13(19)16-14(9-15)7-5-3-4-6-8-14/h10H,3-8H2,1-2H3,(H,16,19). The van der Waals surface area contributed by atoms with Crippen LogP contribution in [0.2, 0.25) is 0 Å². The van der Waals surface area contributed by atoms with E-state index in [1.807, 2.05) is 13.8 Å². The van der Waals surface area contributed by atoms with Gasteiger partial charge in [-0.25, -0.2) is 0 Å². The van der Waals surface area contributed by atoms with Gasteiger partial charge in [0.25, 0.3) is 5.91 Å². The van der Waals surface area contributed by atoms with E-state index in [9.17, 15) is 10.1 Å². The first kappa shape index (κ1) is 14.9. The lowest BCUT2D eigenvalue weighted by molar-refractivity contribution is 0.0915. The summed E-state index contributed by atoms with van der Waals surface area (Å²) in [7, 11) is 0. The van der Waals surface area contributed by atoms with E-state index in [0.29, 0.717) is 10.6 Å². The molecular weight excluding hydrogens is 272 g/mol. The topological polar surface area (TPSA) is 78.7 Å². The lowest BCUT2D eigenvalue weighted by atomic mass is 9.91. The molecule has 6 heteroatoms. The molecule has 0 saturated heterocycles. The zero-order valence-corrected chi connectivity index (χ0v) is 12.8. The molecule has 0 spiro atoms. The van der Waals surface area contributed by atoms with Crippen molar-refractivity contribution in [2.75, 3.05) is 0 Å². The number of nitriles is 1. The Balaban J connectivity index is 2.17. The molecule has 108 valence electrons. The molecule has 5 nitrogen and oxygen atoms in total. The molecule has 0 bridgehead atoms. The fourth-order valence-corrected chi connectivity index (χ4v) is 3.32. The lowest BCUT2D eigenvalue weighted by Crippen LogP contribution is -2.47. The van der Waals surface area contributed by atoms with E-state index in [1.165, 1.54) is 0 Å². The van der Waals surface area contributed by atoms with Gasteiger partial charge in [0, 0.05) is 0 Å². The second-order valence-electron chi connectivity index (χ2n) is 5.70. The Morgan fingerprint density at radius 1 is 1.35 bits per heavy atom. The Labute approximate surface area is 123 Å². The summed E-state index contributed by atoms with van der Waals surface area (Å²) in [5.74, 6) is -0.0474. The average molecular weight is 292 g/mol. The van der Waals surface area contributed by atoms with Gasteiger partial charge >= 0.3 is 0 Å². The fourth-order valence-electron chi connectivity index (χ4n) is 2.60. The second kappa shape index (κ2) is 6.31. The van der Waals surface area contributed by atoms with Gasteiger partial charge in [-0.2, -0.15) is 5.26 Å². The van der Waals surface area contributed by atoms with Gasteiger partial charge in [0.2, 0.25) is 0 Å². The molecule has 2 rings (SSSR count). The highest BCUT2D eigenvalue weighted by Crippen LogP contribution is 2.28. The van der Waals surface area contributed by atoms with Crippen molar-refractivity contribution >= 4 is 17.4 Å². The van der Waals surface area contributed by atoms with Gasteiger partial charge in [0.15, 0.2) is 0 Å². The summed E-state index contributed by atoms with van der Waals surface area (Å²) >= 11 is 1.11. The van der Waals surface area contributed by atoms with Crippen molar-refractivity contribution in [3.05, 3.63) is 10.6 Å². The summed E-state index contributed by atoms with van der Waals surface area (Å²) < 4.78 is 3.87. The Bertz CT molecular complexity index is 509. The molecule has 20 heavy (non-hydrogen) atoms. The molecule has 1 amide bonds. The van der Waals surface area contributed by atoms with E-state index in [4.69, 9.17) is 0 Å². The molecule has 0 unspecified atom stereocenters. The van der Waals surface area contributed by atoms with E-state index in [-0.39, 0.29) is 11.8 Å². The lowest BCUT2D eigenvalue weighted by Gasteiger charge is -2.26. The van der Waals surface area contributed by atoms with E-state index >= 15 is 0 Å². The smallest absolute Gasteiger partial charge is 0.266 e. The highest BCUT2D eigenvalue weighted by Gasteiger charge is 2.34. The normalized spacial score (nSPS) is 18.3. The van der Waals surface area contributed by atoms with E-state index in [0.717, 1.165) is 50.1 Å². The van der Waals surface area contributed by atoms with Crippen LogP contribution in [0, 0.1) is 11.3 Å². The monoisotopic (exact) mass is 292 g/mol. The van der Waals surface area contributed by atoms with Crippen LogP contribution >= 0.6 is 11.5 Å². The Morgan fingerprint density at radius 3 is 2.55 bits per heavy atom. The molecule has 0 radical (unpaired) electrons. The molecule has 1 aliphatic carbocycles. The zero-order chi connectivity index (χ0) is 14.6. The molecule has 1 aliphatic rings. The van der Waals surface area contributed by atoms with Gasteiger partial charge in [-0.1, -0.05) is 44.0 Å². The molecule has 0 atom stereocenters. The predicted octanol–water partition coefficient (Wildman–Crippen LogP) is 3.01. The van der Waals surface area contributed by atoms with Crippen molar-refractivity contribution in [2.24, 2.45) is 0 Å². The van der Waals surface area contributed by atoms with E-state index in [2.05, 4.69) is 21.0 Å². The average Bonchev–Trinajstić information content (AvgIpc) is 2.81. The van der Waals surface area contributed by atoms with Crippen LogP contribution in [0.4, 0.5) is 0 Å². The maximum atomic E-state index is 12.4. The number of nitrogens with one attached hydrogen (secondary N) is 1. The maximum Gasteiger partial charge on any atom is 0.266 e. The molecule has 1 aromatic rings. The molecule has 1 saturated carbocycles. The van der Waals surface area contributed by atoms with Crippen molar-refractivity contribution in [3.63, 3.8) is 0 Å². The third-order valence-corrected chi connectivity index (χ3v) is 4.53. The third kappa shape index (κ3) is 3.15. The fraction of sp³-hybridized carbons (Fsp3) is 0.714. The number of aromatic nitrogens is 2. The molecule has 1 N–H and O–H groups in total. The SMILES string of the molecule is CC(C)c1nnsc1C(=O)NC1(C#N)CCCCCC1. The minimum absolute atomic E-state index is 0.154. The van der Waals surface area contributed by atoms with Crippen molar-refractivity contribution < 1.29 is 4.79 Å². The van der Waals surface area contributed by atoms with Gasteiger partial charge < -0.3 is 5.32 Å². The molecule has 1 fully saturated rings. The number of hydrogen-bond acceptors (Lipinski definition) is 5. The summed E-state index contributed by atoms with van der Waals surface area (Å²) in [6, 6.07) is 2.33. The predicted molar refractivity (Wildman–Crippen MR) is 77.5 cm³/mol. The highest BCUT2D eigenvalue weighted by molar-refractivity contribution is 7.08. The first-order valence-corrected chi connectivity index (χ1v) is 7.91. The number of nitrogens with zero attached hydrogens (tertiary/aromatic N) is 3. The van der Waals surface area contributed by atoms with Crippen molar-refractivity contribution in [2.45, 2.75) is 63.8 Å². The Kier molecular flexibility index (Phi) is 4.71. The van der Waals surface area contributed by atoms with Crippen molar-refractivity contribution in [1.82, 2.24) is 14.9 Å². The summed E-state index contributed by atoms with van der Waals surface area (Å²) in [5.41, 5.74) is 0.000417. The van der Waals surface area contributed by atoms with Gasteiger partial charge in [-0.05, 0) is 30.3 Å². The van der Waals surface area contributed by atoms with Crippen LogP contribution in [-0.4, -0.2) is 21.0 Å². The first-order valence-electron chi connectivity index (χ1n) is 7.14. The molecule has 0 aromatic carbocycles. The quantitative estimate of drug-likeness (QED) is 0.869. The van der Waals surface area contributed by atoms with Gasteiger partial charge in [0.1, 0.15) is 10.4 Å². The van der Waals surface area contributed by atoms with Crippen LogP contribution < -0.4 is 5.32 Å².